The van der Waals surface area contributed by atoms with Crippen LogP contribution < -0.4 is 0 Å². The molecule has 0 fully saturated rings. The Labute approximate surface area is 102 Å². The molecule has 0 aliphatic heterocycles. The fourth-order valence-electron chi connectivity index (χ4n) is 1.29. The topological polar surface area (TPSA) is 0 Å². The van der Waals surface area contributed by atoms with Crippen molar-refractivity contribution in [2.45, 2.75) is 43.8 Å². The minimum absolute atomic E-state index is 0.697. The monoisotopic (exact) mass is 238 g/mol. The summed E-state index contributed by atoms with van der Waals surface area (Å²) in [5.74, 6) is 0. The van der Waals surface area contributed by atoms with Gasteiger partial charge in [0.15, 0.2) is 0 Å². The molecule has 0 aromatic heterocycles. The van der Waals surface area contributed by atoms with Gasteiger partial charge in [-0.3, -0.25) is 0 Å². The Morgan fingerprint density at radius 1 is 1.33 bits per heavy atom. The molecule has 0 heterocycles. The first kappa shape index (κ1) is 12.7. The number of hydrogen-bond donors (Lipinski definition) is 0. The molecule has 82 valence electrons. The highest BCUT2D eigenvalue weighted by Crippen LogP contribution is 2.25. The maximum Gasteiger partial charge on any atom is 0.00748 e. The molecule has 0 radical (unpaired) electrons. The lowest BCUT2D eigenvalue weighted by molar-refractivity contribution is 0.905. The van der Waals surface area contributed by atoms with Crippen LogP contribution >= 0.6 is 24.0 Å². The van der Waals surface area contributed by atoms with Crippen molar-refractivity contribution in [3.8, 4) is 0 Å². The van der Waals surface area contributed by atoms with Crippen molar-refractivity contribution in [3.05, 3.63) is 29.8 Å². The van der Waals surface area contributed by atoms with E-state index in [0.717, 1.165) is 11.3 Å². The number of thioether (sulfide) groups is 1. The second kappa shape index (κ2) is 6.29. The molecule has 0 nitrogen and oxygen atoms in total. The van der Waals surface area contributed by atoms with Crippen molar-refractivity contribution in [1.82, 2.24) is 0 Å². The Bertz CT molecular complexity index is 314. The summed E-state index contributed by atoms with van der Waals surface area (Å²) in [5, 5.41) is 0.697. The van der Waals surface area contributed by atoms with E-state index in [1.807, 2.05) is 18.7 Å². The molecule has 0 N–H and O–H groups in total. The molecule has 15 heavy (non-hydrogen) atoms. The van der Waals surface area contributed by atoms with Gasteiger partial charge in [0.2, 0.25) is 0 Å². The normalized spacial score (nSPS) is 12.5. The van der Waals surface area contributed by atoms with Crippen molar-refractivity contribution in [2.75, 3.05) is 0 Å². The maximum atomic E-state index is 5.09. The molecule has 1 unspecified atom stereocenters. The minimum atomic E-state index is 0.697. The minimum Gasteiger partial charge on any atom is -0.123 e. The Balaban J connectivity index is 2.60. The van der Waals surface area contributed by atoms with Crippen LogP contribution in [0.15, 0.2) is 29.2 Å². The third kappa shape index (κ3) is 4.80. The van der Waals surface area contributed by atoms with Crippen LogP contribution in [-0.4, -0.2) is 10.1 Å². The van der Waals surface area contributed by atoms with Crippen LogP contribution in [-0.2, 0) is 6.42 Å². The first-order chi connectivity index (χ1) is 7.11. The Morgan fingerprint density at radius 3 is 2.40 bits per heavy atom. The fourth-order valence-corrected chi connectivity index (χ4v) is 2.38. The fraction of sp³-hybridized carbons (Fsp3) is 0.462. The Kier molecular flexibility index (Phi) is 5.34. The van der Waals surface area contributed by atoms with Crippen LogP contribution in [0.25, 0.3) is 0 Å². The van der Waals surface area contributed by atoms with Gasteiger partial charge < -0.3 is 0 Å². The van der Waals surface area contributed by atoms with Gasteiger partial charge in [-0.05, 0) is 35.9 Å². The van der Waals surface area contributed by atoms with E-state index in [-0.39, 0.29) is 0 Å². The third-order valence-corrected chi connectivity index (χ3v) is 3.71. The van der Waals surface area contributed by atoms with Gasteiger partial charge in [-0.1, -0.05) is 38.2 Å². The van der Waals surface area contributed by atoms with Crippen molar-refractivity contribution in [3.63, 3.8) is 0 Å². The Hall–Kier alpha value is -0.340. The van der Waals surface area contributed by atoms with Crippen molar-refractivity contribution >= 4 is 28.8 Å². The average molecular weight is 238 g/mol. The van der Waals surface area contributed by atoms with Crippen LogP contribution in [0, 0.1) is 0 Å². The van der Waals surface area contributed by atoms with Crippen LogP contribution in [0.4, 0.5) is 0 Å². The summed E-state index contributed by atoms with van der Waals surface area (Å²) in [6, 6.07) is 8.76. The largest absolute Gasteiger partial charge is 0.123 e. The first-order valence-corrected chi connectivity index (χ1v) is 6.65. The molecular formula is C13H18S2. The highest BCUT2D eigenvalue weighted by Gasteiger charge is 2.01. The van der Waals surface area contributed by atoms with Crippen LogP contribution in [0.2, 0.25) is 0 Å². The molecular weight excluding hydrogens is 220 g/mol. The lowest BCUT2D eigenvalue weighted by Gasteiger charge is -2.08. The summed E-state index contributed by atoms with van der Waals surface area (Å²) in [4.78, 5) is 2.41. The number of benzene rings is 1. The van der Waals surface area contributed by atoms with Crippen molar-refractivity contribution in [2.24, 2.45) is 0 Å². The highest BCUT2D eigenvalue weighted by molar-refractivity contribution is 7.99. The van der Waals surface area contributed by atoms with E-state index in [1.165, 1.54) is 16.9 Å². The van der Waals surface area contributed by atoms with E-state index in [9.17, 15) is 0 Å². The van der Waals surface area contributed by atoms with Gasteiger partial charge in [-0.2, -0.15) is 0 Å². The Morgan fingerprint density at radius 2 is 1.93 bits per heavy atom. The van der Waals surface area contributed by atoms with Gasteiger partial charge in [-0.15, -0.1) is 11.8 Å². The van der Waals surface area contributed by atoms with Gasteiger partial charge in [0.05, 0.1) is 0 Å². The van der Waals surface area contributed by atoms with E-state index < -0.39 is 0 Å². The van der Waals surface area contributed by atoms with Gasteiger partial charge in [0.25, 0.3) is 0 Å². The second-order valence-electron chi connectivity index (χ2n) is 3.86. The van der Waals surface area contributed by atoms with E-state index in [0.29, 0.717) is 5.25 Å². The SMILES string of the molecule is CCC(C)Sc1ccc(CC(C)=S)cc1. The van der Waals surface area contributed by atoms with Crippen LogP contribution in [0.3, 0.4) is 0 Å². The molecule has 0 bridgehead atoms. The molecule has 1 aromatic carbocycles. The molecule has 0 spiro atoms. The predicted octanol–water partition coefficient (Wildman–Crippen LogP) is 4.51. The van der Waals surface area contributed by atoms with E-state index in [4.69, 9.17) is 12.2 Å². The molecule has 1 aromatic rings. The number of thiocarbonyl (C=S) groups is 1. The molecule has 0 saturated carbocycles. The van der Waals surface area contributed by atoms with Crippen molar-refractivity contribution in [1.29, 1.82) is 0 Å². The summed E-state index contributed by atoms with van der Waals surface area (Å²) in [6.45, 7) is 6.48. The molecule has 2 heteroatoms. The van der Waals surface area contributed by atoms with Crippen LogP contribution in [0.5, 0.6) is 0 Å². The smallest absolute Gasteiger partial charge is 0.00748 e. The molecule has 0 aliphatic carbocycles. The second-order valence-corrected chi connectivity index (χ2v) is 6.07. The lowest BCUT2D eigenvalue weighted by atomic mass is 10.1. The standard InChI is InChI=1S/C13H18S2/c1-4-11(3)15-13-7-5-12(6-8-13)9-10(2)14/h5-8,11H,4,9H2,1-3H3. The summed E-state index contributed by atoms with van der Waals surface area (Å²) in [5.41, 5.74) is 1.32. The quantitative estimate of drug-likeness (QED) is 0.547. The molecule has 1 rings (SSSR count). The molecule has 0 aliphatic rings. The van der Waals surface area contributed by atoms with Crippen LogP contribution in [0.1, 0.15) is 32.8 Å². The van der Waals surface area contributed by atoms with E-state index in [1.54, 1.807) is 0 Å². The first-order valence-electron chi connectivity index (χ1n) is 5.37. The third-order valence-electron chi connectivity index (χ3n) is 2.29. The highest BCUT2D eigenvalue weighted by atomic mass is 32.2. The number of rotatable bonds is 5. The van der Waals surface area contributed by atoms with E-state index >= 15 is 0 Å². The van der Waals surface area contributed by atoms with Crippen molar-refractivity contribution < 1.29 is 0 Å². The van der Waals surface area contributed by atoms with Gasteiger partial charge >= 0.3 is 0 Å². The zero-order chi connectivity index (χ0) is 11.3. The summed E-state index contributed by atoms with van der Waals surface area (Å²) in [6.07, 6.45) is 2.13. The zero-order valence-corrected chi connectivity index (χ0v) is 11.3. The molecule has 0 amide bonds. The van der Waals surface area contributed by atoms with Gasteiger partial charge in [-0.25, -0.2) is 0 Å². The predicted molar refractivity (Wildman–Crippen MR) is 74.0 cm³/mol. The van der Waals surface area contributed by atoms with E-state index in [2.05, 4.69) is 38.1 Å². The maximum absolute atomic E-state index is 5.09. The zero-order valence-electron chi connectivity index (χ0n) is 9.62. The van der Waals surface area contributed by atoms with Gasteiger partial charge in [0.1, 0.15) is 0 Å². The average Bonchev–Trinajstić information content (AvgIpc) is 2.20. The summed E-state index contributed by atoms with van der Waals surface area (Å²) in [7, 11) is 0. The summed E-state index contributed by atoms with van der Waals surface area (Å²) < 4.78 is 0. The molecule has 1 atom stereocenters. The lowest BCUT2D eigenvalue weighted by Crippen LogP contribution is -1.94. The van der Waals surface area contributed by atoms with Gasteiger partial charge in [0, 0.05) is 16.6 Å². The number of hydrogen-bond acceptors (Lipinski definition) is 2. The summed E-state index contributed by atoms with van der Waals surface area (Å²) >= 11 is 7.03. The molecule has 0 saturated heterocycles.